The molecule has 0 saturated carbocycles. The van der Waals surface area contributed by atoms with Crippen LogP contribution in [0.15, 0.2) is 18.2 Å². The van der Waals surface area contributed by atoms with Crippen molar-refractivity contribution in [2.24, 2.45) is 0 Å². The van der Waals surface area contributed by atoms with Gasteiger partial charge in [0.2, 0.25) is 0 Å². The molecule has 0 aliphatic carbocycles. The third kappa shape index (κ3) is 2.67. The highest BCUT2D eigenvalue weighted by Gasteiger charge is 2.12. The molecule has 0 fully saturated rings. The highest BCUT2D eigenvalue weighted by Crippen LogP contribution is 2.31. The van der Waals surface area contributed by atoms with Gasteiger partial charge in [0.05, 0.1) is 12.3 Å². The number of benzene rings is 1. The second-order valence-electron chi connectivity index (χ2n) is 4.10. The van der Waals surface area contributed by atoms with E-state index >= 15 is 0 Å². The molecule has 0 radical (unpaired) electrons. The molecule has 0 atom stereocenters. The maximum Gasteiger partial charge on any atom is 0.142 e. The number of aliphatic hydroxyl groups excluding tert-OH is 1. The molecule has 3 nitrogen and oxygen atoms in total. The Balaban J connectivity index is 1.97. The average Bonchev–Trinajstić information content (AvgIpc) is 2.35. The smallest absolute Gasteiger partial charge is 0.142 e. The molecular formula is C13H19NO2. The van der Waals surface area contributed by atoms with Crippen LogP contribution in [0.2, 0.25) is 0 Å². The van der Waals surface area contributed by atoms with Gasteiger partial charge in [0, 0.05) is 13.2 Å². The number of hydrogen-bond donors (Lipinski definition) is 2. The number of ether oxygens (including phenoxy) is 1. The lowest BCUT2D eigenvalue weighted by molar-refractivity contribution is 0.253. The lowest BCUT2D eigenvalue weighted by Gasteiger charge is -2.21. The molecule has 1 heterocycles. The minimum Gasteiger partial charge on any atom is -0.491 e. The third-order valence-electron chi connectivity index (χ3n) is 2.85. The molecule has 1 aliphatic heterocycles. The fourth-order valence-corrected chi connectivity index (χ4v) is 1.99. The zero-order valence-corrected chi connectivity index (χ0v) is 9.54. The molecule has 2 N–H and O–H groups in total. The van der Waals surface area contributed by atoms with Crippen LogP contribution in [0.1, 0.15) is 24.8 Å². The zero-order chi connectivity index (χ0) is 11.2. The van der Waals surface area contributed by atoms with Gasteiger partial charge < -0.3 is 15.2 Å². The van der Waals surface area contributed by atoms with Crippen molar-refractivity contribution in [3.05, 3.63) is 23.8 Å². The van der Waals surface area contributed by atoms with E-state index in [2.05, 4.69) is 11.4 Å². The maximum absolute atomic E-state index is 8.69. The Hall–Kier alpha value is -1.22. The van der Waals surface area contributed by atoms with Crippen molar-refractivity contribution in [2.45, 2.75) is 25.7 Å². The number of rotatable bonds is 5. The first-order valence-electron chi connectivity index (χ1n) is 6.01. The summed E-state index contributed by atoms with van der Waals surface area (Å²) in [6.07, 6.45) is 4.04. The Bertz CT molecular complexity index is 339. The predicted octanol–water partition coefficient (Wildman–Crippen LogP) is 2.20. The molecular weight excluding hydrogens is 202 g/mol. The first kappa shape index (κ1) is 11.3. The second-order valence-corrected chi connectivity index (χ2v) is 4.10. The molecule has 3 heteroatoms. The molecule has 88 valence electrons. The van der Waals surface area contributed by atoms with Crippen LogP contribution in [0.3, 0.4) is 0 Å². The van der Waals surface area contributed by atoms with Gasteiger partial charge in [0.25, 0.3) is 0 Å². The summed E-state index contributed by atoms with van der Waals surface area (Å²) in [5.41, 5.74) is 2.52. The number of aryl methyl sites for hydroxylation is 1. The molecule has 2 rings (SSSR count). The van der Waals surface area contributed by atoms with Crippen LogP contribution in [-0.4, -0.2) is 24.9 Å². The average molecular weight is 221 g/mol. The van der Waals surface area contributed by atoms with Gasteiger partial charge in [0.15, 0.2) is 0 Å². The topological polar surface area (TPSA) is 41.5 Å². The van der Waals surface area contributed by atoms with E-state index in [1.807, 2.05) is 12.1 Å². The van der Waals surface area contributed by atoms with Gasteiger partial charge in [-0.2, -0.15) is 0 Å². The lowest BCUT2D eigenvalue weighted by Crippen LogP contribution is -2.13. The van der Waals surface area contributed by atoms with E-state index in [0.29, 0.717) is 6.61 Å². The van der Waals surface area contributed by atoms with E-state index in [-0.39, 0.29) is 6.61 Å². The van der Waals surface area contributed by atoms with E-state index in [4.69, 9.17) is 9.84 Å². The summed E-state index contributed by atoms with van der Waals surface area (Å²) in [6, 6.07) is 6.21. The first-order valence-corrected chi connectivity index (χ1v) is 6.01. The molecule has 0 aromatic heterocycles. The van der Waals surface area contributed by atoms with Gasteiger partial charge in [-0.25, -0.2) is 0 Å². The van der Waals surface area contributed by atoms with Crippen molar-refractivity contribution in [1.82, 2.24) is 0 Å². The number of hydrogen-bond acceptors (Lipinski definition) is 3. The third-order valence-corrected chi connectivity index (χ3v) is 2.85. The summed E-state index contributed by atoms with van der Waals surface area (Å²) in [7, 11) is 0. The number of nitrogens with one attached hydrogen (secondary N) is 1. The van der Waals surface area contributed by atoms with Gasteiger partial charge in [-0.3, -0.25) is 0 Å². The summed E-state index contributed by atoms with van der Waals surface area (Å²) in [5.74, 6) is 0.954. The van der Waals surface area contributed by atoms with Gasteiger partial charge in [-0.1, -0.05) is 12.1 Å². The number of fused-ring (bicyclic) bond motifs is 1. The normalized spacial score (nSPS) is 14.1. The zero-order valence-electron chi connectivity index (χ0n) is 9.54. The molecule has 0 spiro atoms. The maximum atomic E-state index is 8.69. The van der Waals surface area contributed by atoms with E-state index in [9.17, 15) is 0 Å². The minimum atomic E-state index is 0.245. The Kier molecular flexibility index (Phi) is 4.05. The van der Waals surface area contributed by atoms with Crippen LogP contribution >= 0.6 is 0 Å². The molecule has 1 aromatic carbocycles. The fraction of sp³-hybridized carbons (Fsp3) is 0.538. The van der Waals surface area contributed by atoms with Gasteiger partial charge in [0.1, 0.15) is 5.75 Å². The molecule has 0 bridgehead atoms. The van der Waals surface area contributed by atoms with Crippen molar-refractivity contribution in [2.75, 3.05) is 25.1 Å². The van der Waals surface area contributed by atoms with Crippen LogP contribution < -0.4 is 10.1 Å². The summed E-state index contributed by atoms with van der Waals surface area (Å²) in [6.45, 7) is 1.96. The number of unbranched alkanes of at least 4 members (excludes halogenated alkanes) is 1. The van der Waals surface area contributed by atoms with Crippen LogP contribution in [-0.2, 0) is 6.42 Å². The second kappa shape index (κ2) is 5.75. The van der Waals surface area contributed by atoms with Crippen LogP contribution in [0.5, 0.6) is 5.75 Å². The molecule has 16 heavy (non-hydrogen) atoms. The van der Waals surface area contributed by atoms with Crippen molar-refractivity contribution in [3.63, 3.8) is 0 Å². The van der Waals surface area contributed by atoms with Crippen molar-refractivity contribution in [1.29, 1.82) is 0 Å². The van der Waals surface area contributed by atoms with E-state index in [0.717, 1.165) is 37.2 Å². The van der Waals surface area contributed by atoms with E-state index in [1.165, 1.54) is 12.0 Å². The summed E-state index contributed by atoms with van der Waals surface area (Å²) in [5, 5.41) is 12.1. The molecule has 0 amide bonds. The van der Waals surface area contributed by atoms with Crippen LogP contribution in [0, 0.1) is 0 Å². The lowest BCUT2D eigenvalue weighted by atomic mass is 10.0. The number of anilines is 1. The van der Waals surface area contributed by atoms with Crippen molar-refractivity contribution in [3.8, 4) is 5.75 Å². The number of aliphatic hydroxyl groups is 1. The molecule has 0 unspecified atom stereocenters. The summed E-state index contributed by atoms with van der Waals surface area (Å²) >= 11 is 0. The monoisotopic (exact) mass is 221 g/mol. The quantitative estimate of drug-likeness (QED) is 0.749. The fourth-order valence-electron chi connectivity index (χ4n) is 1.99. The molecule has 0 saturated heterocycles. The van der Waals surface area contributed by atoms with Gasteiger partial charge in [-0.05, 0) is 37.3 Å². The van der Waals surface area contributed by atoms with Crippen LogP contribution in [0.25, 0.3) is 0 Å². The predicted molar refractivity (Wildman–Crippen MR) is 65.1 cm³/mol. The first-order chi connectivity index (χ1) is 7.92. The Morgan fingerprint density at radius 1 is 1.31 bits per heavy atom. The Morgan fingerprint density at radius 3 is 3.12 bits per heavy atom. The highest BCUT2D eigenvalue weighted by molar-refractivity contribution is 5.63. The largest absolute Gasteiger partial charge is 0.491 e. The SMILES string of the molecule is OCCCCOc1cccc2c1NCCC2. The van der Waals surface area contributed by atoms with Crippen molar-refractivity contribution < 1.29 is 9.84 Å². The highest BCUT2D eigenvalue weighted by atomic mass is 16.5. The Labute approximate surface area is 96.4 Å². The summed E-state index contributed by atoms with van der Waals surface area (Å²) < 4.78 is 5.73. The van der Waals surface area contributed by atoms with Crippen molar-refractivity contribution >= 4 is 5.69 Å². The van der Waals surface area contributed by atoms with E-state index in [1.54, 1.807) is 0 Å². The van der Waals surface area contributed by atoms with Gasteiger partial charge >= 0.3 is 0 Å². The molecule has 1 aliphatic rings. The number of para-hydroxylation sites is 1. The summed E-state index contributed by atoms with van der Waals surface area (Å²) in [4.78, 5) is 0. The Morgan fingerprint density at radius 2 is 2.25 bits per heavy atom. The van der Waals surface area contributed by atoms with Crippen LogP contribution in [0.4, 0.5) is 5.69 Å². The standard InChI is InChI=1S/C13H19NO2/c15-9-1-2-10-16-12-7-3-5-11-6-4-8-14-13(11)12/h3,5,7,14-15H,1-2,4,6,8-10H2. The van der Waals surface area contributed by atoms with E-state index < -0.39 is 0 Å². The molecule has 1 aromatic rings. The van der Waals surface area contributed by atoms with Gasteiger partial charge in [-0.15, -0.1) is 0 Å². The minimum absolute atomic E-state index is 0.245.